The second-order valence-electron chi connectivity index (χ2n) is 5.21. The van der Waals surface area contributed by atoms with Gasteiger partial charge in [-0.15, -0.1) is 0 Å². The zero-order valence-corrected chi connectivity index (χ0v) is 11.2. The van der Waals surface area contributed by atoms with Gasteiger partial charge in [0.15, 0.2) is 5.11 Å². The van der Waals surface area contributed by atoms with Crippen LogP contribution in [0.4, 0.5) is 0 Å². The van der Waals surface area contributed by atoms with Gasteiger partial charge in [0.1, 0.15) is 5.41 Å². The van der Waals surface area contributed by atoms with Crippen LogP contribution in [0.15, 0.2) is 0 Å². The van der Waals surface area contributed by atoms with Crippen molar-refractivity contribution in [1.82, 2.24) is 10.6 Å². The molecule has 3 unspecified atom stereocenters. The number of hydrogen-bond acceptors (Lipinski definition) is 3. The summed E-state index contributed by atoms with van der Waals surface area (Å²) in [6.07, 6.45) is 1.76. The highest BCUT2D eigenvalue weighted by Gasteiger charge is 2.62. The van der Waals surface area contributed by atoms with Crippen LogP contribution in [0.3, 0.4) is 0 Å². The molecule has 1 aliphatic carbocycles. The minimum Gasteiger partial charge on any atom is -0.302 e. The van der Waals surface area contributed by atoms with E-state index in [4.69, 9.17) is 12.2 Å². The molecule has 1 aliphatic heterocycles. The van der Waals surface area contributed by atoms with E-state index in [0.29, 0.717) is 5.92 Å². The highest BCUT2D eigenvalue weighted by molar-refractivity contribution is 7.80. The van der Waals surface area contributed by atoms with E-state index in [1.807, 2.05) is 13.8 Å². The highest BCUT2D eigenvalue weighted by Crippen LogP contribution is 2.53. The lowest BCUT2D eigenvalue weighted by molar-refractivity contribution is -0.149. The third-order valence-electron chi connectivity index (χ3n) is 4.57. The Bertz CT molecular complexity index is 374. The molecule has 2 amide bonds. The second kappa shape index (κ2) is 4.05. The first-order valence-corrected chi connectivity index (χ1v) is 6.52. The van der Waals surface area contributed by atoms with Gasteiger partial charge in [-0.2, -0.15) is 0 Å². The number of thiocarbonyl (C=S) groups is 1. The lowest BCUT2D eigenvalue weighted by atomic mass is 9.68. The minimum atomic E-state index is -0.920. The predicted octanol–water partition coefficient (Wildman–Crippen LogP) is 1.21. The van der Waals surface area contributed by atoms with E-state index in [1.165, 1.54) is 0 Å². The summed E-state index contributed by atoms with van der Waals surface area (Å²) in [5, 5.41) is 5.37. The average molecular weight is 254 g/mol. The van der Waals surface area contributed by atoms with E-state index in [2.05, 4.69) is 17.6 Å². The monoisotopic (exact) mass is 254 g/mol. The maximum atomic E-state index is 12.3. The molecule has 2 aliphatic rings. The van der Waals surface area contributed by atoms with Gasteiger partial charge in [0.05, 0.1) is 0 Å². The summed E-state index contributed by atoms with van der Waals surface area (Å²) in [6, 6.07) is 0. The van der Waals surface area contributed by atoms with E-state index in [1.54, 1.807) is 0 Å². The van der Waals surface area contributed by atoms with Crippen LogP contribution in [0.2, 0.25) is 0 Å². The van der Waals surface area contributed by atoms with Crippen molar-refractivity contribution in [2.45, 2.75) is 33.6 Å². The summed E-state index contributed by atoms with van der Waals surface area (Å²) in [5.74, 6) is 0.110. The molecule has 0 aromatic carbocycles. The van der Waals surface area contributed by atoms with Gasteiger partial charge in [-0.05, 0) is 36.4 Å². The molecule has 1 heterocycles. The largest absolute Gasteiger partial charge is 0.302 e. The Labute approximate surface area is 107 Å². The van der Waals surface area contributed by atoms with Crippen LogP contribution >= 0.6 is 12.2 Å². The maximum absolute atomic E-state index is 12.3. The van der Waals surface area contributed by atoms with E-state index in [9.17, 15) is 9.59 Å². The maximum Gasteiger partial charge on any atom is 0.242 e. The molecule has 3 atom stereocenters. The van der Waals surface area contributed by atoms with Gasteiger partial charge in [-0.25, -0.2) is 0 Å². The Kier molecular flexibility index (Phi) is 2.97. The van der Waals surface area contributed by atoms with Crippen LogP contribution in [0, 0.1) is 23.2 Å². The van der Waals surface area contributed by atoms with Crippen LogP contribution in [0.5, 0.6) is 0 Å². The third-order valence-corrected chi connectivity index (χ3v) is 4.77. The van der Waals surface area contributed by atoms with Gasteiger partial charge in [0.2, 0.25) is 11.8 Å². The topological polar surface area (TPSA) is 58.2 Å². The van der Waals surface area contributed by atoms with E-state index >= 15 is 0 Å². The van der Waals surface area contributed by atoms with Gasteiger partial charge in [0.25, 0.3) is 0 Å². The van der Waals surface area contributed by atoms with Crippen molar-refractivity contribution < 1.29 is 9.59 Å². The normalized spacial score (nSPS) is 35.9. The zero-order chi connectivity index (χ0) is 12.8. The summed E-state index contributed by atoms with van der Waals surface area (Å²) < 4.78 is 0. The number of carbonyl (C=O) groups excluding carboxylic acids is 2. The first-order chi connectivity index (χ1) is 7.94. The molecule has 2 fully saturated rings. The van der Waals surface area contributed by atoms with Gasteiger partial charge >= 0.3 is 0 Å². The van der Waals surface area contributed by atoms with E-state index in [-0.39, 0.29) is 28.8 Å². The van der Waals surface area contributed by atoms with Crippen molar-refractivity contribution in [1.29, 1.82) is 0 Å². The molecule has 1 saturated carbocycles. The van der Waals surface area contributed by atoms with Crippen LogP contribution in [0.25, 0.3) is 0 Å². The fourth-order valence-electron chi connectivity index (χ4n) is 3.48. The lowest BCUT2D eigenvalue weighted by Crippen LogP contribution is -2.65. The number of nitrogens with one attached hydrogen (secondary N) is 2. The summed E-state index contributed by atoms with van der Waals surface area (Å²) in [6.45, 7) is 6.13. The first kappa shape index (κ1) is 12.5. The summed E-state index contributed by atoms with van der Waals surface area (Å²) >= 11 is 4.86. The molecule has 0 aromatic heterocycles. The summed E-state index contributed by atoms with van der Waals surface area (Å²) in [7, 11) is 0. The van der Waals surface area contributed by atoms with Crippen molar-refractivity contribution in [3.8, 4) is 0 Å². The number of hydrogen-bond donors (Lipinski definition) is 2. The second-order valence-corrected chi connectivity index (χ2v) is 5.62. The Morgan fingerprint density at radius 1 is 1.29 bits per heavy atom. The Balaban J connectivity index is 2.47. The van der Waals surface area contributed by atoms with Gasteiger partial charge in [-0.1, -0.05) is 27.2 Å². The fourth-order valence-corrected chi connectivity index (χ4v) is 3.67. The van der Waals surface area contributed by atoms with Crippen LogP contribution in [-0.2, 0) is 9.59 Å². The SMILES string of the molecule is CCC1CC(C)C(C)C12C(=O)NC(=S)NC2=O. The van der Waals surface area contributed by atoms with E-state index in [0.717, 1.165) is 12.8 Å². The predicted molar refractivity (Wildman–Crippen MR) is 68.0 cm³/mol. The molecular formula is C12H18N2O2S. The average Bonchev–Trinajstić information content (AvgIpc) is 2.50. The first-order valence-electron chi connectivity index (χ1n) is 6.11. The molecule has 5 heteroatoms. The van der Waals surface area contributed by atoms with Crippen molar-refractivity contribution in [3.63, 3.8) is 0 Å². The van der Waals surface area contributed by atoms with Crippen LogP contribution in [0.1, 0.15) is 33.6 Å². The summed E-state index contributed by atoms with van der Waals surface area (Å²) in [4.78, 5) is 24.6. The molecule has 2 rings (SSSR count). The molecule has 4 nitrogen and oxygen atoms in total. The van der Waals surface area contributed by atoms with Crippen LogP contribution < -0.4 is 10.6 Å². The van der Waals surface area contributed by atoms with Crippen LogP contribution in [-0.4, -0.2) is 16.9 Å². The lowest BCUT2D eigenvalue weighted by Gasteiger charge is -2.39. The number of rotatable bonds is 1. The Hall–Kier alpha value is -0.970. The molecular weight excluding hydrogens is 236 g/mol. The van der Waals surface area contributed by atoms with Crippen molar-refractivity contribution in [2.24, 2.45) is 23.2 Å². The molecule has 1 spiro atoms. The molecule has 0 aromatic rings. The zero-order valence-electron chi connectivity index (χ0n) is 10.4. The highest BCUT2D eigenvalue weighted by atomic mass is 32.1. The molecule has 17 heavy (non-hydrogen) atoms. The molecule has 2 N–H and O–H groups in total. The molecule has 0 radical (unpaired) electrons. The van der Waals surface area contributed by atoms with Crippen molar-refractivity contribution in [2.75, 3.05) is 0 Å². The van der Waals surface area contributed by atoms with Gasteiger partial charge in [-0.3, -0.25) is 9.59 Å². The van der Waals surface area contributed by atoms with E-state index < -0.39 is 5.41 Å². The Morgan fingerprint density at radius 3 is 2.29 bits per heavy atom. The third kappa shape index (κ3) is 1.52. The van der Waals surface area contributed by atoms with Crippen molar-refractivity contribution >= 4 is 29.1 Å². The summed E-state index contributed by atoms with van der Waals surface area (Å²) in [5.41, 5.74) is -0.920. The Morgan fingerprint density at radius 2 is 1.82 bits per heavy atom. The molecule has 1 saturated heterocycles. The fraction of sp³-hybridized carbons (Fsp3) is 0.750. The molecule has 94 valence electrons. The van der Waals surface area contributed by atoms with Gasteiger partial charge in [0, 0.05) is 0 Å². The quantitative estimate of drug-likeness (QED) is 0.546. The van der Waals surface area contributed by atoms with Crippen molar-refractivity contribution in [3.05, 3.63) is 0 Å². The standard InChI is InChI=1S/C12H18N2O2S/c1-4-8-5-6(2)7(3)12(8)9(15)13-11(17)14-10(12)16/h6-8H,4-5H2,1-3H3,(H2,13,14,15,16,17). The number of carbonyl (C=O) groups is 2. The minimum absolute atomic E-state index is 0.0514. The molecule has 0 bridgehead atoms. The van der Waals surface area contributed by atoms with Gasteiger partial charge < -0.3 is 10.6 Å². The smallest absolute Gasteiger partial charge is 0.242 e. The number of amides is 2.